The van der Waals surface area contributed by atoms with Crippen molar-refractivity contribution in [2.75, 3.05) is 0 Å². The quantitative estimate of drug-likeness (QED) is 0.608. The molecule has 0 heterocycles. The van der Waals surface area contributed by atoms with Gasteiger partial charge in [-0.25, -0.2) is 21.2 Å². The predicted octanol–water partition coefficient (Wildman–Crippen LogP) is 4.14. The highest BCUT2D eigenvalue weighted by Gasteiger charge is 2.37. The summed E-state index contributed by atoms with van der Waals surface area (Å²) in [5, 5.41) is 0. The summed E-state index contributed by atoms with van der Waals surface area (Å²) in [5.74, 6) is 0. The summed E-state index contributed by atoms with van der Waals surface area (Å²) >= 11 is 3.22. The highest BCUT2D eigenvalue weighted by atomic mass is 79.9. The average molecular weight is 476 g/mol. The van der Waals surface area contributed by atoms with Crippen molar-refractivity contribution in [2.24, 2.45) is 4.40 Å². The lowest BCUT2D eigenvalue weighted by molar-refractivity contribution is 0.490. The van der Waals surface area contributed by atoms with Crippen LogP contribution in [0.1, 0.15) is 26.3 Å². The number of hydrogen-bond acceptors (Lipinski definition) is 4. The fourth-order valence-electron chi connectivity index (χ4n) is 2.02. The van der Waals surface area contributed by atoms with E-state index in [0.29, 0.717) is 4.47 Å². The van der Waals surface area contributed by atoms with E-state index in [0.717, 1.165) is 0 Å². The van der Waals surface area contributed by atoms with Crippen LogP contribution in [0.2, 0.25) is 0 Å². The maximum atomic E-state index is 15.3. The van der Waals surface area contributed by atoms with Gasteiger partial charge in [0.1, 0.15) is 5.71 Å². The van der Waals surface area contributed by atoms with Gasteiger partial charge in [0.25, 0.3) is 10.0 Å². The molecule has 2 aromatic rings. The van der Waals surface area contributed by atoms with E-state index in [4.69, 9.17) is 0 Å². The van der Waals surface area contributed by atoms with Crippen molar-refractivity contribution in [3.63, 3.8) is 0 Å². The topological polar surface area (TPSA) is 80.6 Å². The number of sulfone groups is 1. The van der Waals surface area contributed by atoms with Gasteiger partial charge < -0.3 is 0 Å². The van der Waals surface area contributed by atoms with E-state index in [-0.39, 0.29) is 10.5 Å². The van der Waals surface area contributed by atoms with Gasteiger partial charge in [-0.05, 0) is 45.0 Å². The van der Waals surface area contributed by atoms with Crippen LogP contribution in [0, 0.1) is 0 Å². The van der Waals surface area contributed by atoms with E-state index in [1.807, 2.05) is 0 Å². The molecule has 9 heteroatoms. The number of benzene rings is 2. The van der Waals surface area contributed by atoms with Gasteiger partial charge in [0.2, 0.25) is 15.3 Å². The summed E-state index contributed by atoms with van der Waals surface area (Å²) in [7, 11) is -8.67. The molecule has 1 unspecified atom stereocenters. The fraction of sp³-hybridized carbons (Fsp3) is 0.278. The second-order valence-electron chi connectivity index (χ2n) is 6.75. The van der Waals surface area contributed by atoms with Crippen LogP contribution >= 0.6 is 15.9 Å². The number of alkyl halides is 1. The van der Waals surface area contributed by atoms with Crippen molar-refractivity contribution >= 4 is 41.5 Å². The van der Waals surface area contributed by atoms with E-state index in [2.05, 4.69) is 20.3 Å². The van der Waals surface area contributed by atoms with Crippen LogP contribution in [-0.4, -0.2) is 32.8 Å². The van der Waals surface area contributed by atoms with Gasteiger partial charge in [0.05, 0.1) is 9.64 Å². The summed E-state index contributed by atoms with van der Waals surface area (Å²) < 4.78 is 68.5. The Balaban J connectivity index is 2.71. The molecule has 0 amide bonds. The lowest BCUT2D eigenvalue weighted by Gasteiger charge is -2.19. The maximum Gasteiger partial charge on any atom is 0.258 e. The van der Waals surface area contributed by atoms with Crippen LogP contribution in [0.25, 0.3) is 0 Å². The Morgan fingerprint density at radius 2 is 1.59 bits per heavy atom. The highest BCUT2D eigenvalue weighted by Crippen LogP contribution is 2.26. The van der Waals surface area contributed by atoms with Gasteiger partial charge in [0, 0.05) is 10.0 Å². The second-order valence-corrected chi connectivity index (χ2v) is 12.0. The van der Waals surface area contributed by atoms with Crippen LogP contribution < -0.4 is 0 Å². The van der Waals surface area contributed by atoms with Crippen LogP contribution in [0.4, 0.5) is 4.39 Å². The number of sulfonamides is 1. The van der Waals surface area contributed by atoms with Gasteiger partial charge in [-0.3, -0.25) is 0 Å². The Kier molecular flexibility index (Phi) is 6.28. The second kappa shape index (κ2) is 7.81. The molecule has 0 bridgehead atoms. The first-order valence-corrected chi connectivity index (χ1v) is 11.7. The molecule has 0 aliphatic rings. The number of halogens is 2. The van der Waals surface area contributed by atoms with Crippen LogP contribution in [0.15, 0.2) is 68.4 Å². The zero-order valence-electron chi connectivity index (χ0n) is 14.9. The van der Waals surface area contributed by atoms with Crippen molar-refractivity contribution in [2.45, 2.75) is 35.9 Å². The number of hydrogen-bond donors (Lipinski definition) is 0. The Bertz CT molecular complexity index is 1060. The van der Waals surface area contributed by atoms with Gasteiger partial charge in [-0.2, -0.15) is 4.40 Å². The molecule has 0 aliphatic heterocycles. The first-order chi connectivity index (χ1) is 12.4. The molecule has 0 aromatic heterocycles. The molecule has 2 rings (SSSR count). The third-order valence-corrected chi connectivity index (χ3v) is 7.85. The van der Waals surface area contributed by atoms with Crippen molar-refractivity contribution in [3.05, 3.63) is 64.6 Å². The first kappa shape index (κ1) is 21.7. The largest absolute Gasteiger partial charge is 0.258 e. The molecule has 0 aliphatic carbocycles. The fourth-order valence-corrected chi connectivity index (χ4v) is 4.47. The van der Waals surface area contributed by atoms with Crippen molar-refractivity contribution < 1.29 is 21.2 Å². The third-order valence-electron chi connectivity index (χ3n) is 3.67. The van der Waals surface area contributed by atoms with E-state index in [1.54, 1.807) is 18.2 Å². The van der Waals surface area contributed by atoms with E-state index >= 15 is 4.39 Å². The monoisotopic (exact) mass is 475 g/mol. The van der Waals surface area contributed by atoms with E-state index < -0.39 is 35.8 Å². The Hall–Kier alpha value is -1.58. The van der Waals surface area contributed by atoms with Gasteiger partial charge in [-0.15, -0.1) is 0 Å². The normalized spacial score (nSPS) is 14.8. The minimum atomic E-state index is -4.49. The Morgan fingerprint density at radius 3 is 2.11 bits per heavy atom. The predicted molar refractivity (Wildman–Crippen MR) is 108 cm³/mol. The van der Waals surface area contributed by atoms with Gasteiger partial charge >= 0.3 is 0 Å². The molecule has 0 saturated heterocycles. The molecule has 0 saturated carbocycles. The first-order valence-electron chi connectivity index (χ1n) is 7.89. The molecule has 0 fully saturated rings. The maximum absolute atomic E-state index is 15.3. The van der Waals surface area contributed by atoms with Gasteiger partial charge in [0.15, 0.2) is 0 Å². The number of nitrogens with zero attached hydrogens (tertiary/aromatic N) is 1. The summed E-state index contributed by atoms with van der Waals surface area (Å²) in [4.78, 5) is -0.256. The van der Waals surface area contributed by atoms with E-state index in [9.17, 15) is 16.8 Å². The minimum absolute atomic E-state index is 0.0595. The summed E-state index contributed by atoms with van der Waals surface area (Å²) in [5.41, 5.74) is -3.26. The molecule has 146 valence electrons. The molecule has 27 heavy (non-hydrogen) atoms. The summed E-state index contributed by atoms with van der Waals surface area (Å²) in [6.07, 6.45) is 0. The molecule has 0 N–H and O–H groups in total. The summed E-state index contributed by atoms with van der Waals surface area (Å²) in [6, 6.07) is 13.0. The standard InChI is InChI=1S/C18H19BrFNO4S2/c1-18(2,3)27(24,25)21-16(13-8-7-9-14(19)12-13)17(20)26(22,23)15-10-5-4-6-11-15/h4-12,17H,1-3H3/b21-16-. The molecular weight excluding hydrogens is 457 g/mol. The molecule has 2 aromatic carbocycles. The van der Waals surface area contributed by atoms with Crippen LogP contribution in [-0.2, 0) is 19.9 Å². The van der Waals surface area contributed by atoms with Crippen molar-refractivity contribution in [3.8, 4) is 0 Å². The molecular formula is C18H19BrFNO4S2. The zero-order valence-corrected chi connectivity index (χ0v) is 18.1. The van der Waals surface area contributed by atoms with Crippen molar-refractivity contribution in [1.29, 1.82) is 0 Å². The average Bonchev–Trinajstić information content (AvgIpc) is 2.59. The molecule has 0 spiro atoms. The Morgan fingerprint density at radius 1 is 1.00 bits per heavy atom. The SMILES string of the molecule is CC(C)(C)S(=O)(=O)/N=C(/c1cccc(Br)c1)C(F)S(=O)(=O)c1ccccc1. The highest BCUT2D eigenvalue weighted by molar-refractivity contribution is 9.10. The van der Waals surface area contributed by atoms with Crippen molar-refractivity contribution in [1.82, 2.24) is 0 Å². The zero-order chi connectivity index (χ0) is 20.5. The lowest BCUT2D eigenvalue weighted by atomic mass is 10.1. The Labute approximate surface area is 167 Å². The molecule has 5 nitrogen and oxygen atoms in total. The van der Waals surface area contributed by atoms with Gasteiger partial charge in [-0.1, -0.05) is 46.3 Å². The minimum Gasteiger partial charge on any atom is -0.222 e. The number of rotatable bonds is 5. The molecule has 1 atom stereocenters. The van der Waals surface area contributed by atoms with Crippen LogP contribution in [0.5, 0.6) is 0 Å². The third kappa shape index (κ3) is 4.83. The summed E-state index contributed by atoms with van der Waals surface area (Å²) in [6.45, 7) is 4.22. The van der Waals surface area contributed by atoms with E-state index in [1.165, 1.54) is 57.2 Å². The molecule has 0 radical (unpaired) electrons. The smallest absolute Gasteiger partial charge is 0.222 e. The lowest BCUT2D eigenvalue weighted by Crippen LogP contribution is -2.32. The van der Waals surface area contributed by atoms with Crippen LogP contribution in [0.3, 0.4) is 0 Å².